The maximum Gasteiger partial charge on any atom is 0.269 e. The number of carbonyl (C=O) groups is 2. The number of amides is 2. The average molecular weight is 367 g/mol. The Labute approximate surface area is 157 Å². The molecule has 2 aromatic carbocycles. The number of benzene rings is 2. The number of oxime groups is 1. The van der Waals surface area contributed by atoms with Gasteiger partial charge in [0.25, 0.3) is 11.8 Å². The standard InChI is InChI=1S/C20H21N3O4/c1-26-16-9-7-15(8-10-16)19(24)21-11-12-22-20(25)17-13-18(27-23-17)14-5-3-2-4-6-14/h2-10,18H,11-13H2,1H3,(H,21,24)(H,22,25). The Bertz CT molecular complexity index is 819. The highest BCUT2D eigenvalue weighted by Crippen LogP contribution is 2.26. The number of rotatable bonds is 7. The highest BCUT2D eigenvalue weighted by molar-refractivity contribution is 6.39. The number of hydrogen-bond donors (Lipinski definition) is 2. The van der Waals surface area contributed by atoms with E-state index in [0.717, 1.165) is 5.56 Å². The second-order valence-corrected chi connectivity index (χ2v) is 5.99. The van der Waals surface area contributed by atoms with Gasteiger partial charge in [0.1, 0.15) is 11.5 Å². The molecule has 7 heteroatoms. The van der Waals surface area contributed by atoms with Crippen molar-refractivity contribution in [1.82, 2.24) is 10.6 Å². The lowest BCUT2D eigenvalue weighted by molar-refractivity contribution is -0.114. The SMILES string of the molecule is COc1ccc(C(=O)NCCNC(=O)C2=NOC(c3ccccc3)C2)cc1. The molecule has 27 heavy (non-hydrogen) atoms. The Kier molecular flexibility index (Phi) is 6.04. The van der Waals surface area contributed by atoms with E-state index >= 15 is 0 Å². The summed E-state index contributed by atoms with van der Waals surface area (Å²) in [5, 5.41) is 9.37. The van der Waals surface area contributed by atoms with Crippen LogP contribution in [0.4, 0.5) is 0 Å². The van der Waals surface area contributed by atoms with Crippen molar-refractivity contribution in [2.24, 2.45) is 5.16 Å². The van der Waals surface area contributed by atoms with E-state index < -0.39 is 0 Å². The molecular formula is C20H21N3O4. The second kappa shape index (κ2) is 8.84. The number of nitrogens with zero attached hydrogens (tertiary/aromatic N) is 1. The lowest BCUT2D eigenvalue weighted by Crippen LogP contribution is -2.37. The van der Waals surface area contributed by atoms with Gasteiger partial charge in [-0.25, -0.2) is 0 Å². The Morgan fingerprint density at radius 2 is 1.70 bits per heavy atom. The fourth-order valence-corrected chi connectivity index (χ4v) is 2.66. The lowest BCUT2D eigenvalue weighted by Gasteiger charge is -2.08. The van der Waals surface area contributed by atoms with Crippen LogP contribution in [0, 0.1) is 0 Å². The van der Waals surface area contributed by atoms with Gasteiger partial charge in [-0.1, -0.05) is 35.5 Å². The average Bonchev–Trinajstić information content (AvgIpc) is 3.22. The highest BCUT2D eigenvalue weighted by Gasteiger charge is 2.26. The summed E-state index contributed by atoms with van der Waals surface area (Å²) < 4.78 is 5.06. The Balaban J connectivity index is 1.39. The molecule has 140 valence electrons. The quantitative estimate of drug-likeness (QED) is 0.733. The van der Waals surface area contributed by atoms with E-state index in [4.69, 9.17) is 9.57 Å². The van der Waals surface area contributed by atoms with Crippen molar-refractivity contribution >= 4 is 17.5 Å². The van der Waals surface area contributed by atoms with E-state index in [1.54, 1.807) is 31.4 Å². The third-order valence-electron chi connectivity index (χ3n) is 4.15. The van der Waals surface area contributed by atoms with Gasteiger partial charge in [0.05, 0.1) is 7.11 Å². The Hall–Kier alpha value is -3.35. The summed E-state index contributed by atoms with van der Waals surface area (Å²) in [6.07, 6.45) is 0.190. The largest absolute Gasteiger partial charge is 0.497 e. The normalized spacial score (nSPS) is 15.4. The van der Waals surface area contributed by atoms with Gasteiger partial charge in [-0.05, 0) is 29.8 Å². The number of carbonyl (C=O) groups excluding carboxylic acids is 2. The van der Waals surface area contributed by atoms with E-state index in [2.05, 4.69) is 15.8 Å². The lowest BCUT2D eigenvalue weighted by atomic mass is 10.0. The predicted molar refractivity (Wildman–Crippen MR) is 101 cm³/mol. The van der Waals surface area contributed by atoms with Crippen LogP contribution >= 0.6 is 0 Å². The van der Waals surface area contributed by atoms with Gasteiger partial charge in [0.15, 0.2) is 6.10 Å². The first-order valence-corrected chi connectivity index (χ1v) is 8.65. The smallest absolute Gasteiger partial charge is 0.269 e. The zero-order chi connectivity index (χ0) is 19.1. The molecule has 7 nitrogen and oxygen atoms in total. The molecule has 2 amide bonds. The van der Waals surface area contributed by atoms with Gasteiger partial charge >= 0.3 is 0 Å². The second-order valence-electron chi connectivity index (χ2n) is 5.99. The molecule has 3 rings (SSSR count). The van der Waals surface area contributed by atoms with Crippen LogP contribution in [0.25, 0.3) is 0 Å². The molecule has 1 unspecified atom stereocenters. The van der Waals surface area contributed by atoms with E-state index in [1.165, 1.54) is 0 Å². The van der Waals surface area contributed by atoms with Gasteiger partial charge in [0, 0.05) is 25.1 Å². The third kappa shape index (κ3) is 4.84. The number of methoxy groups -OCH3 is 1. The summed E-state index contributed by atoms with van der Waals surface area (Å²) in [5.74, 6) is 0.192. The maximum absolute atomic E-state index is 12.2. The third-order valence-corrected chi connectivity index (χ3v) is 4.15. The maximum atomic E-state index is 12.2. The van der Waals surface area contributed by atoms with Crippen LogP contribution in [0.15, 0.2) is 59.8 Å². The molecule has 1 atom stereocenters. The summed E-state index contributed by atoms with van der Waals surface area (Å²) in [6.45, 7) is 0.614. The number of ether oxygens (including phenoxy) is 1. The summed E-state index contributed by atoms with van der Waals surface area (Å²) in [4.78, 5) is 29.5. The van der Waals surface area contributed by atoms with E-state index in [1.807, 2.05) is 30.3 Å². The fraction of sp³-hybridized carbons (Fsp3) is 0.250. The minimum Gasteiger partial charge on any atom is -0.497 e. The molecule has 1 aliphatic heterocycles. The summed E-state index contributed by atoms with van der Waals surface area (Å²) in [5.41, 5.74) is 1.86. The van der Waals surface area contributed by atoms with Crippen molar-refractivity contribution in [1.29, 1.82) is 0 Å². The molecule has 0 fully saturated rings. The van der Waals surface area contributed by atoms with Gasteiger partial charge in [0.2, 0.25) is 0 Å². The molecular weight excluding hydrogens is 346 g/mol. The van der Waals surface area contributed by atoms with Crippen molar-refractivity contribution in [3.63, 3.8) is 0 Å². The molecule has 1 aliphatic rings. The first kappa shape index (κ1) is 18.4. The fourth-order valence-electron chi connectivity index (χ4n) is 2.66. The first-order chi connectivity index (χ1) is 13.2. The predicted octanol–water partition coefficient (Wildman–Crippen LogP) is 2.06. The van der Waals surface area contributed by atoms with Crippen LogP contribution in [0.1, 0.15) is 28.4 Å². The molecule has 0 saturated heterocycles. The van der Waals surface area contributed by atoms with Crippen LogP contribution < -0.4 is 15.4 Å². The highest BCUT2D eigenvalue weighted by atomic mass is 16.6. The topological polar surface area (TPSA) is 89.0 Å². The Morgan fingerprint density at radius 3 is 2.37 bits per heavy atom. The van der Waals surface area contributed by atoms with Gasteiger partial charge in [-0.15, -0.1) is 0 Å². The minimum absolute atomic E-state index is 0.211. The van der Waals surface area contributed by atoms with Crippen molar-refractivity contribution in [3.05, 3.63) is 65.7 Å². The molecule has 0 aliphatic carbocycles. The van der Waals surface area contributed by atoms with Crippen LogP contribution in [0.5, 0.6) is 5.75 Å². The van der Waals surface area contributed by atoms with Crippen molar-refractivity contribution in [3.8, 4) is 5.75 Å². The van der Waals surface area contributed by atoms with Gasteiger partial charge in [-0.2, -0.15) is 0 Å². The summed E-state index contributed by atoms with van der Waals surface area (Å²) in [6, 6.07) is 16.4. The zero-order valence-corrected chi connectivity index (χ0v) is 15.0. The van der Waals surface area contributed by atoms with E-state index in [-0.39, 0.29) is 17.9 Å². The molecule has 0 saturated carbocycles. The van der Waals surface area contributed by atoms with Crippen molar-refractivity contribution in [2.45, 2.75) is 12.5 Å². The number of nitrogens with one attached hydrogen (secondary N) is 2. The monoisotopic (exact) mass is 367 g/mol. The summed E-state index contributed by atoms with van der Waals surface area (Å²) >= 11 is 0. The Morgan fingerprint density at radius 1 is 1.04 bits per heavy atom. The minimum atomic E-state index is -0.285. The van der Waals surface area contributed by atoms with E-state index in [0.29, 0.717) is 36.5 Å². The first-order valence-electron chi connectivity index (χ1n) is 8.65. The molecule has 0 aromatic heterocycles. The van der Waals surface area contributed by atoms with Crippen LogP contribution in [0.2, 0.25) is 0 Å². The zero-order valence-electron chi connectivity index (χ0n) is 15.0. The van der Waals surface area contributed by atoms with E-state index in [9.17, 15) is 9.59 Å². The molecule has 2 aromatic rings. The number of hydrogen-bond acceptors (Lipinski definition) is 5. The van der Waals surface area contributed by atoms with Gasteiger partial charge in [-0.3, -0.25) is 9.59 Å². The van der Waals surface area contributed by atoms with Crippen LogP contribution in [0.3, 0.4) is 0 Å². The van der Waals surface area contributed by atoms with Gasteiger partial charge < -0.3 is 20.2 Å². The molecule has 2 N–H and O–H groups in total. The molecule has 0 radical (unpaired) electrons. The van der Waals surface area contributed by atoms with Crippen molar-refractivity contribution in [2.75, 3.05) is 20.2 Å². The van der Waals surface area contributed by atoms with Crippen molar-refractivity contribution < 1.29 is 19.2 Å². The molecule has 1 heterocycles. The van der Waals surface area contributed by atoms with Crippen LogP contribution in [-0.2, 0) is 9.63 Å². The molecule has 0 spiro atoms. The van der Waals surface area contributed by atoms with Crippen LogP contribution in [-0.4, -0.2) is 37.7 Å². The summed E-state index contributed by atoms with van der Waals surface area (Å²) in [7, 11) is 1.57. The molecule has 0 bridgehead atoms.